The van der Waals surface area contributed by atoms with Crippen molar-refractivity contribution in [3.8, 4) is 5.69 Å². The summed E-state index contributed by atoms with van der Waals surface area (Å²) in [6, 6.07) is 5.27. The molecule has 1 aromatic heterocycles. The molecule has 4 nitrogen and oxygen atoms in total. The van der Waals surface area contributed by atoms with Crippen molar-refractivity contribution >= 4 is 5.95 Å². The number of nitrogen functional groups attached to an aromatic ring is 1. The highest BCUT2D eigenvalue weighted by atomic mass is 19.4. The standard InChI is InChI=1S/C11H11F3N4/c1-6-3-4-8(7(2)5-6)18-10(15)16-9(17-18)11(12,13)14/h3-5H,1-2H3,(H2,15,16,17). The molecule has 0 aliphatic heterocycles. The van der Waals surface area contributed by atoms with E-state index in [0.29, 0.717) is 5.69 Å². The molecule has 0 saturated carbocycles. The highest BCUT2D eigenvalue weighted by molar-refractivity contribution is 5.45. The van der Waals surface area contributed by atoms with Crippen LogP contribution in [0.3, 0.4) is 0 Å². The van der Waals surface area contributed by atoms with E-state index in [9.17, 15) is 13.2 Å². The monoisotopic (exact) mass is 256 g/mol. The molecule has 2 N–H and O–H groups in total. The van der Waals surface area contributed by atoms with Crippen LogP contribution in [0.25, 0.3) is 5.69 Å². The first-order chi connectivity index (χ1) is 8.29. The van der Waals surface area contributed by atoms with Gasteiger partial charge in [0.25, 0.3) is 5.82 Å². The largest absolute Gasteiger partial charge is 0.453 e. The number of halogens is 3. The first kappa shape index (κ1) is 12.4. The predicted octanol–water partition coefficient (Wildman–Crippen LogP) is 2.49. The van der Waals surface area contributed by atoms with E-state index in [4.69, 9.17) is 5.73 Å². The third kappa shape index (κ3) is 2.15. The highest BCUT2D eigenvalue weighted by Gasteiger charge is 2.37. The van der Waals surface area contributed by atoms with Crippen LogP contribution >= 0.6 is 0 Å². The molecule has 0 fully saturated rings. The topological polar surface area (TPSA) is 56.7 Å². The molecule has 0 saturated heterocycles. The van der Waals surface area contributed by atoms with Crippen LogP contribution in [0, 0.1) is 13.8 Å². The fourth-order valence-electron chi connectivity index (χ4n) is 1.66. The fourth-order valence-corrected chi connectivity index (χ4v) is 1.66. The van der Waals surface area contributed by atoms with Gasteiger partial charge in [-0.15, -0.1) is 5.10 Å². The maximum Gasteiger partial charge on any atom is 0.453 e. The Kier molecular flexibility index (Phi) is 2.76. The minimum atomic E-state index is -4.60. The number of rotatable bonds is 1. The SMILES string of the molecule is Cc1ccc(-n2nc(C(F)(F)F)nc2N)c(C)c1. The second-order valence-electron chi connectivity index (χ2n) is 3.99. The van der Waals surface area contributed by atoms with E-state index in [1.165, 1.54) is 0 Å². The van der Waals surface area contributed by atoms with Crippen molar-refractivity contribution in [3.63, 3.8) is 0 Å². The van der Waals surface area contributed by atoms with Crippen LogP contribution in [-0.2, 0) is 6.18 Å². The van der Waals surface area contributed by atoms with Crippen molar-refractivity contribution in [3.05, 3.63) is 35.2 Å². The normalized spacial score (nSPS) is 11.8. The van der Waals surface area contributed by atoms with Crippen LogP contribution < -0.4 is 5.73 Å². The molecular weight excluding hydrogens is 245 g/mol. The van der Waals surface area contributed by atoms with Crippen molar-refractivity contribution in [2.45, 2.75) is 20.0 Å². The Bertz CT molecular complexity index is 586. The lowest BCUT2D eigenvalue weighted by molar-refractivity contribution is -0.144. The predicted molar refractivity (Wildman–Crippen MR) is 60.2 cm³/mol. The second kappa shape index (κ2) is 4.01. The Morgan fingerprint density at radius 3 is 2.39 bits per heavy atom. The molecule has 1 aromatic carbocycles. The minimum Gasteiger partial charge on any atom is -0.368 e. The van der Waals surface area contributed by atoms with E-state index in [2.05, 4.69) is 10.1 Å². The first-order valence-electron chi connectivity index (χ1n) is 5.16. The summed E-state index contributed by atoms with van der Waals surface area (Å²) in [5.74, 6) is -1.52. The number of nitrogens with zero attached hydrogens (tertiary/aromatic N) is 3. The molecule has 96 valence electrons. The maximum absolute atomic E-state index is 12.5. The van der Waals surface area contributed by atoms with E-state index in [1.807, 2.05) is 13.0 Å². The van der Waals surface area contributed by atoms with Gasteiger partial charge in [-0.2, -0.15) is 22.8 Å². The molecule has 0 atom stereocenters. The van der Waals surface area contributed by atoms with Crippen molar-refractivity contribution in [2.24, 2.45) is 0 Å². The minimum absolute atomic E-state index is 0.283. The van der Waals surface area contributed by atoms with Crippen molar-refractivity contribution in [2.75, 3.05) is 5.73 Å². The zero-order valence-electron chi connectivity index (χ0n) is 9.78. The average molecular weight is 256 g/mol. The summed E-state index contributed by atoms with van der Waals surface area (Å²) < 4.78 is 38.4. The molecule has 2 aromatic rings. The van der Waals surface area contributed by atoms with Crippen LogP contribution in [0.1, 0.15) is 17.0 Å². The number of nitrogens with two attached hydrogens (primary N) is 1. The zero-order chi connectivity index (χ0) is 13.5. The van der Waals surface area contributed by atoms with Gasteiger partial charge in [0.05, 0.1) is 5.69 Å². The molecule has 0 radical (unpaired) electrons. The van der Waals surface area contributed by atoms with Gasteiger partial charge in [-0.05, 0) is 25.5 Å². The van der Waals surface area contributed by atoms with Crippen LogP contribution in [0.5, 0.6) is 0 Å². The number of hydrogen-bond acceptors (Lipinski definition) is 3. The lowest BCUT2D eigenvalue weighted by atomic mass is 10.1. The Hall–Kier alpha value is -2.05. The number of aryl methyl sites for hydroxylation is 2. The van der Waals surface area contributed by atoms with Gasteiger partial charge in [0.2, 0.25) is 5.95 Å². The van der Waals surface area contributed by atoms with E-state index >= 15 is 0 Å². The summed E-state index contributed by atoms with van der Waals surface area (Å²) in [7, 11) is 0. The lowest BCUT2D eigenvalue weighted by Crippen LogP contribution is -2.09. The summed E-state index contributed by atoms with van der Waals surface area (Å²) in [6.45, 7) is 3.67. The number of hydrogen-bond donors (Lipinski definition) is 1. The molecule has 0 bridgehead atoms. The summed E-state index contributed by atoms with van der Waals surface area (Å²) in [4.78, 5) is 3.23. The van der Waals surface area contributed by atoms with Gasteiger partial charge in [0.15, 0.2) is 0 Å². The molecule has 18 heavy (non-hydrogen) atoms. The Morgan fingerprint density at radius 2 is 1.89 bits per heavy atom. The number of aromatic nitrogens is 3. The van der Waals surface area contributed by atoms with E-state index in [-0.39, 0.29) is 5.95 Å². The summed E-state index contributed by atoms with van der Waals surface area (Å²) in [6.07, 6.45) is -4.60. The fraction of sp³-hybridized carbons (Fsp3) is 0.273. The van der Waals surface area contributed by atoms with Crippen molar-refractivity contribution in [1.82, 2.24) is 14.8 Å². The summed E-state index contributed by atoms with van der Waals surface area (Å²) >= 11 is 0. The van der Waals surface area contributed by atoms with Gasteiger partial charge in [0.1, 0.15) is 0 Å². The molecule has 0 aliphatic carbocycles. The molecule has 0 unspecified atom stereocenters. The van der Waals surface area contributed by atoms with E-state index in [1.54, 1.807) is 19.1 Å². The maximum atomic E-state index is 12.5. The molecule has 0 amide bonds. The zero-order valence-corrected chi connectivity index (χ0v) is 9.78. The third-order valence-corrected chi connectivity index (χ3v) is 2.47. The molecule has 7 heteroatoms. The van der Waals surface area contributed by atoms with Crippen LogP contribution in [-0.4, -0.2) is 14.8 Å². The van der Waals surface area contributed by atoms with Gasteiger partial charge in [-0.3, -0.25) is 0 Å². The molecule has 2 rings (SSSR count). The molecular formula is C11H11F3N4. The van der Waals surface area contributed by atoms with Gasteiger partial charge in [0, 0.05) is 0 Å². The molecule has 0 spiro atoms. The van der Waals surface area contributed by atoms with Gasteiger partial charge < -0.3 is 5.73 Å². The highest BCUT2D eigenvalue weighted by Crippen LogP contribution is 2.28. The second-order valence-corrected chi connectivity index (χ2v) is 3.99. The van der Waals surface area contributed by atoms with Gasteiger partial charge >= 0.3 is 6.18 Å². The van der Waals surface area contributed by atoms with E-state index < -0.39 is 12.0 Å². The van der Waals surface area contributed by atoms with Crippen LogP contribution in [0.15, 0.2) is 18.2 Å². The first-order valence-corrected chi connectivity index (χ1v) is 5.16. The summed E-state index contributed by atoms with van der Waals surface area (Å²) in [5, 5.41) is 3.40. The number of alkyl halides is 3. The Balaban J connectivity index is 2.55. The average Bonchev–Trinajstić information content (AvgIpc) is 2.60. The van der Waals surface area contributed by atoms with Crippen LogP contribution in [0.2, 0.25) is 0 Å². The Labute approximate surface area is 101 Å². The third-order valence-electron chi connectivity index (χ3n) is 2.47. The number of benzene rings is 1. The summed E-state index contributed by atoms with van der Waals surface area (Å²) in [5.41, 5.74) is 7.74. The van der Waals surface area contributed by atoms with Gasteiger partial charge in [-0.25, -0.2) is 0 Å². The quantitative estimate of drug-likeness (QED) is 0.852. The lowest BCUT2D eigenvalue weighted by Gasteiger charge is -2.07. The van der Waals surface area contributed by atoms with E-state index in [0.717, 1.165) is 15.8 Å². The van der Waals surface area contributed by atoms with Crippen LogP contribution in [0.4, 0.5) is 19.1 Å². The molecule has 1 heterocycles. The molecule has 0 aliphatic rings. The van der Waals surface area contributed by atoms with Crippen molar-refractivity contribution in [1.29, 1.82) is 0 Å². The Morgan fingerprint density at radius 1 is 1.22 bits per heavy atom. The van der Waals surface area contributed by atoms with Crippen molar-refractivity contribution < 1.29 is 13.2 Å². The smallest absolute Gasteiger partial charge is 0.368 e. The van der Waals surface area contributed by atoms with Gasteiger partial charge in [-0.1, -0.05) is 17.7 Å². The number of anilines is 1.